The Kier molecular flexibility index (Phi) is 4.65. The molecule has 1 amide bonds. The van der Waals surface area contributed by atoms with Gasteiger partial charge in [0.05, 0.1) is 19.8 Å². The van der Waals surface area contributed by atoms with Crippen LogP contribution in [0.3, 0.4) is 0 Å². The van der Waals surface area contributed by atoms with Crippen LogP contribution >= 0.6 is 0 Å². The molecule has 2 aliphatic heterocycles. The van der Waals surface area contributed by atoms with E-state index in [0.717, 1.165) is 0 Å². The summed E-state index contributed by atoms with van der Waals surface area (Å²) in [7, 11) is 0. The number of morpholine rings is 1. The molecule has 0 spiro atoms. The Balaban J connectivity index is 1.55. The van der Waals surface area contributed by atoms with E-state index in [4.69, 9.17) is 9.15 Å². The van der Waals surface area contributed by atoms with Crippen LogP contribution in [0.4, 0.5) is 8.78 Å². The SMILES string of the molecule is O=C(CN1C=CC(c2nnc(C(F)F)o2)=CC1)N1CCOCC1. The second-order valence-corrected chi connectivity index (χ2v) is 5.14. The summed E-state index contributed by atoms with van der Waals surface area (Å²) in [4.78, 5) is 15.7. The molecule has 0 aromatic carbocycles. The molecule has 1 aromatic heterocycles. The van der Waals surface area contributed by atoms with Crippen LogP contribution in [0.15, 0.2) is 22.8 Å². The molecule has 23 heavy (non-hydrogen) atoms. The van der Waals surface area contributed by atoms with E-state index >= 15 is 0 Å². The molecule has 7 nitrogen and oxygen atoms in total. The average molecular weight is 326 g/mol. The van der Waals surface area contributed by atoms with E-state index in [1.165, 1.54) is 0 Å². The van der Waals surface area contributed by atoms with E-state index in [1.54, 1.807) is 23.3 Å². The molecule has 1 fully saturated rings. The first-order chi connectivity index (χ1) is 11.1. The van der Waals surface area contributed by atoms with Gasteiger partial charge in [-0.25, -0.2) is 0 Å². The Morgan fingerprint density at radius 3 is 2.70 bits per heavy atom. The maximum Gasteiger partial charge on any atom is 0.314 e. The van der Waals surface area contributed by atoms with Crippen molar-refractivity contribution in [2.45, 2.75) is 6.43 Å². The van der Waals surface area contributed by atoms with Crippen molar-refractivity contribution in [1.29, 1.82) is 0 Å². The first-order valence-electron chi connectivity index (χ1n) is 7.23. The van der Waals surface area contributed by atoms with Crippen LogP contribution in [0.1, 0.15) is 18.2 Å². The zero-order valence-electron chi connectivity index (χ0n) is 12.3. The van der Waals surface area contributed by atoms with Gasteiger partial charge >= 0.3 is 6.43 Å². The molecule has 0 atom stereocenters. The maximum absolute atomic E-state index is 12.4. The second kappa shape index (κ2) is 6.86. The Morgan fingerprint density at radius 2 is 2.09 bits per heavy atom. The van der Waals surface area contributed by atoms with Gasteiger partial charge in [-0.1, -0.05) is 6.08 Å². The van der Waals surface area contributed by atoms with Gasteiger partial charge in [-0.2, -0.15) is 8.78 Å². The normalized spacial score (nSPS) is 18.5. The van der Waals surface area contributed by atoms with E-state index in [2.05, 4.69) is 10.2 Å². The van der Waals surface area contributed by atoms with Crippen LogP contribution in [0.2, 0.25) is 0 Å². The van der Waals surface area contributed by atoms with Crippen LogP contribution in [-0.2, 0) is 9.53 Å². The molecule has 2 aliphatic rings. The molecule has 124 valence electrons. The summed E-state index contributed by atoms with van der Waals surface area (Å²) in [6.07, 6.45) is 2.36. The maximum atomic E-state index is 12.4. The summed E-state index contributed by atoms with van der Waals surface area (Å²) >= 11 is 0. The van der Waals surface area contributed by atoms with Crippen molar-refractivity contribution in [3.05, 3.63) is 30.1 Å². The van der Waals surface area contributed by atoms with Gasteiger partial charge in [-0.3, -0.25) is 4.79 Å². The van der Waals surface area contributed by atoms with Crippen molar-refractivity contribution in [1.82, 2.24) is 20.0 Å². The summed E-state index contributed by atoms with van der Waals surface area (Å²) in [6, 6.07) is 0. The monoisotopic (exact) mass is 326 g/mol. The highest BCUT2D eigenvalue weighted by atomic mass is 19.3. The van der Waals surface area contributed by atoms with Crippen molar-refractivity contribution in [3.63, 3.8) is 0 Å². The lowest BCUT2D eigenvalue weighted by molar-refractivity contribution is -0.135. The van der Waals surface area contributed by atoms with Gasteiger partial charge in [-0.05, 0) is 6.08 Å². The third kappa shape index (κ3) is 3.73. The van der Waals surface area contributed by atoms with E-state index in [0.29, 0.717) is 38.4 Å². The number of rotatable bonds is 4. The first kappa shape index (κ1) is 15.6. The number of aromatic nitrogens is 2. The van der Waals surface area contributed by atoms with Crippen LogP contribution in [0.5, 0.6) is 0 Å². The van der Waals surface area contributed by atoms with Crippen LogP contribution in [-0.4, -0.2) is 65.3 Å². The number of allylic oxidation sites excluding steroid dienone is 2. The van der Waals surface area contributed by atoms with Crippen molar-refractivity contribution in [2.24, 2.45) is 0 Å². The summed E-state index contributed by atoms with van der Waals surface area (Å²) in [5.74, 6) is -0.609. The van der Waals surface area contributed by atoms with Gasteiger partial charge in [0.25, 0.3) is 5.89 Å². The second-order valence-electron chi connectivity index (χ2n) is 5.14. The van der Waals surface area contributed by atoms with E-state index in [9.17, 15) is 13.6 Å². The highest BCUT2D eigenvalue weighted by Crippen LogP contribution is 2.22. The Hall–Kier alpha value is -2.29. The molecular weight excluding hydrogens is 310 g/mol. The summed E-state index contributed by atoms with van der Waals surface area (Å²) in [5, 5.41) is 6.89. The highest BCUT2D eigenvalue weighted by molar-refractivity contribution is 5.79. The molecule has 0 radical (unpaired) electrons. The van der Waals surface area contributed by atoms with E-state index in [-0.39, 0.29) is 18.3 Å². The first-order valence-corrected chi connectivity index (χ1v) is 7.23. The van der Waals surface area contributed by atoms with Gasteiger partial charge in [0.1, 0.15) is 0 Å². The third-order valence-electron chi connectivity index (χ3n) is 3.59. The lowest BCUT2D eigenvalue weighted by atomic mass is 10.2. The number of ether oxygens (including phenoxy) is 1. The minimum atomic E-state index is -2.79. The molecule has 0 aliphatic carbocycles. The molecule has 1 saturated heterocycles. The molecule has 0 bridgehead atoms. The minimum Gasteiger partial charge on any atom is -0.415 e. The molecule has 9 heteroatoms. The molecule has 0 N–H and O–H groups in total. The number of hydrogen-bond donors (Lipinski definition) is 0. The van der Waals surface area contributed by atoms with Gasteiger partial charge in [0.15, 0.2) is 0 Å². The third-order valence-corrected chi connectivity index (χ3v) is 3.59. The van der Waals surface area contributed by atoms with Gasteiger partial charge in [-0.15, -0.1) is 10.2 Å². The quantitative estimate of drug-likeness (QED) is 0.824. The van der Waals surface area contributed by atoms with Crippen molar-refractivity contribution < 1.29 is 22.7 Å². The Bertz CT molecular complexity index is 623. The molecule has 0 unspecified atom stereocenters. The molecule has 1 aromatic rings. The molecular formula is C14H16F2N4O3. The topological polar surface area (TPSA) is 71.7 Å². The highest BCUT2D eigenvalue weighted by Gasteiger charge is 2.21. The zero-order valence-corrected chi connectivity index (χ0v) is 12.3. The number of halogens is 2. The lowest BCUT2D eigenvalue weighted by Crippen LogP contribution is -2.45. The van der Waals surface area contributed by atoms with E-state index in [1.807, 2.05) is 4.90 Å². The van der Waals surface area contributed by atoms with Gasteiger partial charge < -0.3 is 19.0 Å². The summed E-state index contributed by atoms with van der Waals surface area (Å²) < 4.78 is 35.0. The van der Waals surface area contributed by atoms with E-state index < -0.39 is 12.3 Å². The molecule has 3 heterocycles. The lowest BCUT2D eigenvalue weighted by Gasteiger charge is -2.29. The minimum absolute atomic E-state index is 0.0348. The van der Waals surface area contributed by atoms with Crippen LogP contribution < -0.4 is 0 Å². The average Bonchev–Trinajstić information content (AvgIpc) is 3.07. The Morgan fingerprint density at radius 1 is 1.30 bits per heavy atom. The van der Waals surface area contributed by atoms with Crippen molar-refractivity contribution in [3.8, 4) is 0 Å². The fraction of sp³-hybridized carbons (Fsp3) is 0.500. The van der Waals surface area contributed by atoms with Crippen molar-refractivity contribution in [2.75, 3.05) is 39.4 Å². The zero-order chi connectivity index (χ0) is 16.2. The van der Waals surface area contributed by atoms with Gasteiger partial charge in [0.2, 0.25) is 11.8 Å². The predicted octanol–water partition coefficient (Wildman–Crippen LogP) is 1.08. The molecule has 0 saturated carbocycles. The number of alkyl halides is 2. The Labute approximate surface area is 131 Å². The number of carbonyl (C=O) groups excluding carboxylic acids is 1. The van der Waals surface area contributed by atoms with Gasteiger partial charge in [0, 0.05) is 31.4 Å². The predicted molar refractivity (Wildman–Crippen MR) is 75.3 cm³/mol. The smallest absolute Gasteiger partial charge is 0.314 e. The summed E-state index contributed by atoms with van der Waals surface area (Å²) in [5.41, 5.74) is 0.569. The van der Waals surface area contributed by atoms with Crippen LogP contribution in [0, 0.1) is 0 Å². The standard InChI is InChI=1S/C14H16F2N4O3/c15-12(16)14-18-17-13(23-14)10-1-3-19(4-2-10)9-11(21)20-5-7-22-8-6-20/h1-3,12H,4-9H2. The largest absolute Gasteiger partial charge is 0.415 e. The van der Waals surface area contributed by atoms with Crippen molar-refractivity contribution >= 4 is 11.5 Å². The fourth-order valence-electron chi connectivity index (χ4n) is 2.33. The number of hydrogen-bond acceptors (Lipinski definition) is 6. The fourth-order valence-corrected chi connectivity index (χ4v) is 2.33. The number of amides is 1. The van der Waals surface area contributed by atoms with Crippen LogP contribution in [0.25, 0.3) is 5.57 Å². The molecule has 3 rings (SSSR count). The number of nitrogens with zero attached hydrogens (tertiary/aromatic N) is 4. The summed E-state index contributed by atoms with van der Waals surface area (Å²) in [6.45, 7) is 3.07. The number of carbonyl (C=O) groups is 1.